The number of nitrogens with zero attached hydrogens (tertiary/aromatic N) is 3. The van der Waals surface area contributed by atoms with Gasteiger partial charge in [-0.1, -0.05) is 23.5 Å². The topological polar surface area (TPSA) is 104 Å². The molecule has 9 heteroatoms. The van der Waals surface area contributed by atoms with Gasteiger partial charge in [-0.05, 0) is 24.7 Å². The fraction of sp³-hybridized carbons (Fsp3) is 0.533. The Labute approximate surface area is 142 Å². The van der Waals surface area contributed by atoms with Crippen LogP contribution < -0.4 is 10.6 Å². The van der Waals surface area contributed by atoms with Gasteiger partial charge in [0.15, 0.2) is 0 Å². The minimum atomic E-state index is -0.426. The summed E-state index contributed by atoms with van der Waals surface area (Å²) in [6.45, 7) is 0.415. The van der Waals surface area contributed by atoms with Crippen LogP contribution in [0, 0.1) is 23.7 Å². The number of aromatic nitrogens is 2. The van der Waals surface area contributed by atoms with Crippen LogP contribution in [0.1, 0.15) is 12.8 Å². The number of fused-ring (bicyclic) bond motifs is 1. The number of rotatable bonds is 4. The number of urea groups is 1. The summed E-state index contributed by atoms with van der Waals surface area (Å²) in [6, 6.07) is -0.426. The smallest absolute Gasteiger partial charge is 0.321 e. The van der Waals surface area contributed by atoms with Crippen molar-refractivity contribution in [2.45, 2.75) is 12.8 Å². The molecular formula is C15H17N5O3S. The number of hydrogen-bond acceptors (Lipinski definition) is 6. The Kier molecular flexibility index (Phi) is 3.79. The van der Waals surface area contributed by atoms with Crippen LogP contribution >= 0.6 is 11.3 Å². The third-order valence-electron chi connectivity index (χ3n) is 5.05. The number of hydrogen-bond donors (Lipinski definition) is 2. The summed E-state index contributed by atoms with van der Waals surface area (Å²) in [5.41, 5.74) is 1.52. The molecule has 0 spiro atoms. The van der Waals surface area contributed by atoms with Gasteiger partial charge in [-0.3, -0.25) is 19.8 Å². The second-order valence-electron chi connectivity index (χ2n) is 6.29. The molecule has 5 rings (SSSR count). The Bertz CT molecular complexity index is 672. The lowest BCUT2D eigenvalue weighted by Gasteiger charge is -2.38. The molecule has 126 valence electrons. The molecule has 2 fully saturated rings. The third kappa shape index (κ3) is 2.48. The summed E-state index contributed by atoms with van der Waals surface area (Å²) in [5, 5.41) is 12.9. The number of anilines is 1. The molecule has 1 saturated carbocycles. The molecule has 4 atom stereocenters. The van der Waals surface area contributed by atoms with Crippen LogP contribution in [0.5, 0.6) is 0 Å². The van der Waals surface area contributed by atoms with Crippen LogP contribution in [0.25, 0.3) is 0 Å². The van der Waals surface area contributed by atoms with Gasteiger partial charge < -0.3 is 5.32 Å². The van der Waals surface area contributed by atoms with Crippen LogP contribution in [0.3, 0.4) is 0 Å². The number of imide groups is 1. The van der Waals surface area contributed by atoms with Crippen LogP contribution in [-0.2, 0) is 9.59 Å². The summed E-state index contributed by atoms with van der Waals surface area (Å²) < 4.78 is 0. The van der Waals surface area contributed by atoms with Crippen LogP contribution in [-0.4, -0.2) is 46.0 Å². The van der Waals surface area contributed by atoms with Crippen molar-refractivity contribution in [2.24, 2.45) is 23.7 Å². The van der Waals surface area contributed by atoms with Crippen molar-refractivity contribution in [1.29, 1.82) is 0 Å². The zero-order valence-corrected chi connectivity index (χ0v) is 13.7. The van der Waals surface area contributed by atoms with Crippen molar-refractivity contribution < 1.29 is 14.4 Å². The van der Waals surface area contributed by atoms with E-state index in [0.29, 0.717) is 5.13 Å². The van der Waals surface area contributed by atoms with E-state index in [-0.39, 0.29) is 48.6 Å². The van der Waals surface area contributed by atoms with Crippen molar-refractivity contribution in [3.8, 4) is 0 Å². The lowest BCUT2D eigenvalue weighted by molar-refractivity contribution is -0.140. The quantitative estimate of drug-likeness (QED) is 0.621. The normalized spacial score (nSPS) is 30.6. The highest BCUT2D eigenvalue weighted by Gasteiger charge is 2.56. The Morgan fingerprint density at radius 3 is 2.42 bits per heavy atom. The van der Waals surface area contributed by atoms with Crippen LogP contribution in [0.4, 0.5) is 9.93 Å². The first-order chi connectivity index (χ1) is 11.6. The van der Waals surface area contributed by atoms with E-state index in [1.807, 2.05) is 0 Å². The zero-order valence-electron chi connectivity index (χ0n) is 12.8. The van der Waals surface area contributed by atoms with Gasteiger partial charge in [0.05, 0.1) is 11.8 Å². The Morgan fingerprint density at radius 2 is 1.88 bits per heavy atom. The van der Waals surface area contributed by atoms with E-state index >= 15 is 0 Å². The number of carbonyl (C=O) groups excluding carboxylic acids is 3. The predicted molar refractivity (Wildman–Crippen MR) is 86.0 cm³/mol. The minimum Gasteiger partial charge on any atom is -0.336 e. The van der Waals surface area contributed by atoms with Gasteiger partial charge in [0.25, 0.3) is 0 Å². The molecule has 4 amide bonds. The highest BCUT2D eigenvalue weighted by atomic mass is 32.1. The molecule has 2 heterocycles. The van der Waals surface area contributed by atoms with Crippen molar-refractivity contribution >= 4 is 34.3 Å². The molecular weight excluding hydrogens is 330 g/mol. The highest BCUT2D eigenvalue weighted by Crippen LogP contribution is 2.49. The fourth-order valence-electron chi connectivity index (χ4n) is 4.01. The molecule has 2 N–H and O–H groups in total. The summed E-state index contributed by atoms with van der Waals surface area (Å²) >= 11 is 1.21. The molecule has 24 heavy (non-hydrogen) atoms. The maximum atomic E-state index is 12.6. The molecule has 1 aromatic rings. The Hall–Kier alpha value is -2.29. The summed E-state index contributed by atoms with van der Waals surface area (Å²) in [6.07, 6.45) is 6.16. The molecule has 1 aliphatic heterocycles. The second kappa shape index (κ2) is 5.97. The van der Waals surface area contributed by atoms with Gasteiger partial charge in [0.1, 0.15) is 5.51 Å². The summed E-state index contributed by atoms with van der Waals surface area (Å²) in [5.74, 6) is -0.191. The highest BCUT2D eigenvalue weighted by molar-refractivity contribution is 7.13. The molecule has 1 saturated heterocycles. The van der Waals surface area contributed by atoms with Crippen molar-refractivity contribution in [3.05, 3.63) is 17.7 Å². The van der Waals surface area contributed by atoms with Crippen molar-refractivity contribution in [1.82, 2.24) is 20.4 Å². The first kappa shape index (κ1) is 15.3. The molecule has 0 radical (unpaired) electrons. The SMILES string of the molecule is O=C(NCCN1C(=O)[C@@H]2[C@H](C1=O)[C@H]1C=C[C@H]2CC1)Nc1nncs1. The average Bonchev–Trinajstić information content (AvgIpc) is 3.19. The van der Waals surface area contributed by atoms with E-state index in [0.717, 1.165) is 12.8 Å². The molecule has 3 aliphatic carbocycles. The van der Waals surface area contributed by atoms with E-state index in [1.54, 1.807) is 0 Å². The molecule has 8 nitrogen and oxygen atoms in total. The van der Waals surface area contributed by atoms with E-state index in [9.17, 15) is 14.4 Å². The maximum Gasteiger partial charge on any atom is 0.321 e. The van der Waals surface area contributed by atoms with E-state index < -0.39 is 6.03 Å². The number of amides is 4. The van der Waals surface area contributed by atoms with Crippen molar-refractivity contribution in [2.75, 3.05) is 18.4 Å². The predicted octanol–water partition coefficient (Wildman–Crippen LogP) is 0.857. The fourth-order valence-corrected chi connectivity index (χ4v) is 4.45. The number of carbonyl (C=O) groups is 3. The zero-order chi connectivity index (χ0) is 16.7. The van der Waals surface area contributed by atoms with Gasteiger partial charge in [-0.15, -0.1) is 10.2 Å². The number of likely N-dealkylation sites (tertiary alicyclic amines) is 1. The van der Waals surface area contributed by atoms with Crippen LogP contribution in [0.2, 0.25) is 0 Å². The van der Waals surface area contributed by atoms with Gasteiger partial charge >= 0.3 is 6.03 Å². The van der Waals surface area contributed by atoms with Gasteiger partial charge in [-0.25, -0.2) is 4.79 Å². The van der Waals surface area contributed by atoms with Crippen LogP contribution in [0.15, 0.2) is 17.7 Å². The third-order valence-corrected chi connectivity index (χ3v) is 5.66. The maximum absolute atomic E-state index is 12.6. The first-order valence-electron chi connectivity index (χ1n) is 7.99. The lowest BCUT2D eigenvalue weighted by atomic mass is 9.63. The van der Waals surface area contributed by atoms with E-state index in [2.05, 4.69) is 33.0 Å². The van der Waals surface area contributed by atoms with Gasteiger partial charge in [0, 0.05) is 13.1 Å². The Balaban J connectivity index is 1.33. The molecule has 4 aliphatic rings. The summed E-state index contributed by atoms with van der Waals surface area (Å²) in [4.78, 5) is 38.2. The molecule has 1 aromatic heterocycles. The number of allylic oxidation sites excluding steroid dienone is 2. The first-order valence-corrected chi connectivity index (χ1v) is 8.87. The molecule has 0 aromatic carbocycles. The Morgan fingerprint density at radius 1 is 1.21 bits per heavy atom. The summed E-state index contributed by atoms with van der Waals surface area (Å²) in [7, 11) is 0. The standard InChI is InChI=1S/C15H17N5O3S/c21-12-10-8-1-2-9(4-3-8)11(10)13(22)20(12)6-5-16-14(23)18-15-19-17-7-24-15/h1-2,7-11H,3-6H2,(H2,16,18,19,23)/t8-,9-,10-,11+/m0/s1. The number of nitrogens with one attached hydrogen (secondary N) is 2. The largest absolute Gasteiger partial charge is 0.336 e. The monoisotopic (exact) mass is 347 g/mol. The van der Waals surface area contributed by atoms with Crippen molar-refractivity contribution in [3.63, 3.8) is 0 Å². The van der Waals surface area contributed by atoms with Gasteiger partial charge in [-0.2, -0.15) is 0 Å². The average molecular weight is 347 g/mol. The van der Waals surface area contributed by atoms with E-state index in [4.69, 9.17) is 0 Å². The molecule has 2 bridgehead atoms. The van der Waals surface area contributed by atoms with Gasteiger partial charge in [0.2, 0.25) is 16.9 Å². The minimum absolute atomic E-state index is 0.0876. The second-order valence-corrected chi connectivity index (χ2v) is 7.13. The van der Waals surface area contributed by atoms with E-state index in [1.165, 1.54) is 21.7 Å². The molecule has 0 unspecified atom stereocenters. The lowest BCUT2D eigenvalue weighted by Crippen LogP contribution is -2.40.